The molecule has 0 aliphatic heterocycles. The van der Waals surface area contributed by atoms with Gasteiger partial charge in [0.05, 0.1) is 16.5 Å². The molecular weight excluding hydrogens is 316 g/mol. The molecule has 0 N–H and O–H groups in total. The van der Waals surface area contributed by atoms with Crippen LogP contribution in [-0.2, 0) is 21.3 Å². The summed E-state index contributed by atoms with van der Waals surface area (Å²) in [5, 5.41) is 0.968. The number of aromatic nitrogens is 1. The molecule has 0 saturated carbocycles. The molecule has 0 aliphatic carbocycles. The average Bonchev–Trinajstić information content (AvgIpc) is 2.78. The summed E-state index contributed by atoms with van der Waals surface area (Å²) in [6, 6.07) is 9.48. The Balaban J connectivity index is 2.01. The molecule has 118 valence electrons. The molecule has 4 nitrogen and oxygen atoms in total. The smallest absolute Gasteiger partial charge is 0.239 e. The predicted octanol–water partition coefficient (Wildman–Crippen LogP) is 3.06. The highest BCUT2D eigenvalue weighted by molar-refractivity contribution is 7.85. The SMILES string of the molecule is CCN(C(=O)C[S@@](=O)Cc1sc(C)nc1C)c1ccccc1. The molecule has 0 bridgehead atoms. The summed E-state index contributed by atoms with van der Waals surface area (Å²) in [5.74, 6) is 0.333. The van der Waals surface area contributed by atoms with Crippen molar-refractivity contribution >= 4 is 33.7 Å². The number of amides is 1. The summed E-state index contributed by atoms with van der Waals surface area (Å²) >= 11 is 1.55. The normalized spacial score (nSPS) is 12.1. The molecule has 1 heterocycles. The topological polar surface area (TPSA) is 50.3 Å². The van der Waals surface area contributed by atoms with Crippen LogP contribution in [-0.4, -0.2) is 27.4 Å². The van der Waals surface area contributed by atoms with E-state index in [1.807, 2.05) is 51.1 Å². The van der Waals surface area contributed by atoms with E-state index in [4.69, 9.17) is 0 Å². The van der Waals surface area contributed by atoms with E-state index in [0.29, 0.717) is 12.3 Å². The van der Waals surface area contributed by atoms with Gasteiger partial charge in [0.15, 0.2) is 0 Å². The number of nitrogens with zero attached hydrogens (tertiary/aromatic N) is 2. The largest absolute Gasteiger partial charge is 0.312 e. The summed E-state index contributed by atoms with van der Waals surface area (Å²) in [4.78, 5) is 19.4. The van der Waals surface area contributed by atoms with Crippen molar-refractivity contribution in [3.05, 3.63) is 45.9 Å². The Morgan fingerprint density at radius 3 is 2.50 bits per heavy atom. The first-order valence-corrected chi connectivity index (χ1v) is 9.45. The van der Waals surface area contributed by atoms with Gasteiger partial charge < -0.3 is 4.90 Å². The van der Waals surface area contributed by atoms with Crippen molar-refractivity contribution < 1.29 is 9.00 Å². The number of anilines is 1. The molecule has 0 unspecified atom stereocenters. The maximum Gasteiger partial charge on any atom is 0.239 e. The van der Waals surface area contributed by atoms with Gasteiger partial charge in [-0.25, -0.2) is 4.98 Å². The number of rotatable bonds is 6. The number of thiazole rings is 1. The fourth-order valence-corrected chi connectivity index (χ4v) is 4.63. The summed E-state index contributed by atoms with van der Waals surface area (Å²) < 4.78 is 12.3. The first-order valence-electron chi connectivity index (χ1n) is 7.14. The Morgan fingerprint density at radius 2 is 1.95 bits per heavy atom. The second-order valence-corrected chi connectivity index (χ2v) is 7.69. The third-order valence-electron chi connectivity index (χ3n) is 3.26. The molecule has 0 aliphatic rings. The highest BCUT2D eigenvalue weighted by atomic mass is 32.2. The molecule has 0 fully saturated rings. The number of aryl methyl sites for hydroxylation is 2. The summed E-state index contributed by atoms with van der Waals surface area (Å²) in [5.41, 5.74) is 1.76. The first-order chi connectivity index (χ1) is 10.5. The lowest BCUT2D eigenvalue weighted by molar-refractivity contribution is -0.116. The van der Waals surface area contributed by atoms with E-state index >= 15 is 0 Å². The minimum Gasteiger partial charge on any atom is -0.312 e. The molecule has 22 heavy (non-hydrogen) atoms. The third kappa shape index (κ3) is 4.24. The predicted molar refractivity (Wildman–Crippen MR) is 92.8 cm³/mol. The Morgan fingerprint density at radius 1 is 1.27 bits per heavy atom. The molecule has 1 aromatic heterocycles. The van der Waals surface area contributed by atoms with Gasteiger partial charge in [0, 0.05) is 27.9 Å². The van der Waals surface area contributed by atoms with Gasteiger partial charge in [-0.15, -0.1) is 11.3 Å². The van der Waals surface area contributed by atoms with Gasteiger partial charge in [0.2, 0.25) is 5.91 Å². The van der Waals surface area contributed by atoms with E-state index in [9.17, 15) is 9.00 Å². The minimum atomic E-state index is -1.21. The summed E-state index contributed by atoms with van der Waals surface area (Å²) in [6.45, 7) is 6.34. The summed E-state index contributed by atoms with van der Waals surface area (Å²) in [6.07, 6.45) is 0. The number of para-hydroxylation sites is 1. The molecule has 1 amide bonds. The molecule has 0 radical (unpaired) electrons. The number of carbonyl (C=O) groups excluding carboxylic acids is 1. The van der Waals surface area contributed by atoms with E-state index in [1.54, 1.807) is 16.2 Å². The molecular formula is C16H20N2O2S2. The lowest BCUT2D eigenvalue weighted by Gasteiger charge is -2.20. The van der Waals surface area contributed by atoms with Crippen LogP contribution in [0, 0.1) is 13.8 Å². The van der Waals surface area contributed by atoms with Gasteiger partial charge in [-0.2, -0.15) is 0 Å². The van der Waals surface area contributed by atoms with E-state index in [2.05, 4.69) is 4.98 Å². The van der Waals surface area contributed by atoms with Crippen molar-refractivity contribution in [3.8, 4) is 0 Å². The number of hydrogen-bond donors (Lipinski definition) is 0. The zero-order valence-corrected chi connectivity index (χ0v) is 14.7. The van der Waals surface area contributed by atoms with Gasteiger partial charge in [-0.1, -0.05) is 18.2 Å². The van der Waals surface area contributed by atoms with Crippen molar-refractivity contribution in [2.24, 2.45) is 0 Å². The van der Waals surface area contributed by atoms with Crippen LogP contribution in [0.2, 0.25) is 0 Å². The van der Waals surface area contributed by atoms with Crippen molar-refractivity contribution in [2.45, 2.75) is 26.5 Å². The van der Waals surface area contributed by atoms with Crippen LogP contribution < -0.4 is 4.90 Å². The molecule has 1 atom stereocenters. The lowest BCUT2D eigenvalue weighted by atomic mass is 10.3. The van der Waals surface area contributed by atoms with Crippen LogP contribution >= 0.6 is 11.3 Å². The van der Waals surface area contributed by atoms with Crippen molar-refractivity contribution in [3.63, 3.8) is 0 Å². The Kier molecular flexibility index (Phi) is 5.85. The van der Waals surface area contributed by atoms with E-state index in [0.717, 1.165) is 21.3 Å². The van der Waals surface area contributed by atoms with Crippen LogP contribution in [0.5, 0.6) is 0 Å². The minimum absolute atomic E-state index is 0.0408. The molecule has 0 spiro atoms. The van der Waals surface area contributed by atoms with Gasteiger partial charge >= 0.3 is 0 Å². The monoisotopic (exact) mass is 336 g/mol. The van der Waals surface area contributed by atoms with Crippen molar-refractivity contribution in [1.82, 2.24) is 4.98 Å². The van der Waals surface area contributed by atoms with Gasteiger partial charge in [0.25, 0.3) is 0 Å². The fourth-order valence-electron chi connectivity index (χ4n) is 2.23. The van der Waals surface area contributed by atoms with Gasteiger partial charge in [0.1, 0.15) is 5.75 Å². The Labute approximate surface area is 137 Å². The quantitative estimate of drug-likeness (QED) is 0.814. The van der Waals surface area contributed by atoms with Crippen molar-refractivity contribution in [2.75, 3.05) is 17.2 Å². The Bertz CT molecular complexity index is 668. The first kappa shape index (κ1) is 16.8. The van der Waals surface area contributed by atoms with Crippen molar-refractivity contribution in [1.29, 1.82) is 0 Å². The zero-order chi connectivity index (χ0) is 16.1. The fraction of sp³-hybridized carbons (Fsp3) is 0.375. The maximum absolute atomic E-state index is 12.4. The highest BCUT2D eigenvalue weighted by Gasteiger charge is 2.18. The maximum atomic E-state index is 12.4. The molecule has 2 rings (SSSR count). The molecule has 0 saturated heterocycles. The van der Waals surface area contributed by atoms with Crippen LogP contribution in [0.1, 0.15) is 22.5 Å². The van der Waals surface area contributed by atoms with Gasteiger partial charge in [-0.05, 0) is 32.9 Å². The molecule has 6 heteroatoms. The highest BCUT2D eigenvalue weighted by Crippen LogP contribution is 2.19. The second-order valence-electron chi connectivity index (χ2n) is 4.94. The molecule has 1 aromatic carbocycles. The summed E-state index contributed by atoms with van der Waals surface area (Å²) in [7, 11) is -1.21. The average molecular weight is 336 g/mol. The molecule has 2 aromatic rings. The van der Waals surface area contributed by atoms with Crippen LogP contribution in [0.4, 0.5) is 5.69 Å². The number of carbonyl (C=O) groups is 1. The van der Waals surface area contributed by atoms with E-state index in [1.165, 1.54) is 0 Å². The standard InChI is InChI=1S/C16H20N2O2S2/c1-4-18(14-8-6-5-7-9-14)16(19)11-22(20)10-15-12(2)17-13(3)21-15/h5-9H,4,10-11H2,1-3H3/t22-/m0/s1. The van der Waals surface area contributed by atoms with Gasteiger partial charge in [-0.3, -0.25) is 9.00 Å². The third-order valence-corrected chi connectivity index (χ3v) is 5.70. The lowest BCUT2D eigenvalue weighted by Crippen LogP contribution is -2.34. The second kappa shape index (κ2) is 7.65. The van der Waals surface area contributed by atoms with E-state index in [-0.39, 0.29) is 11.7 Å². The Hall–Kier alpha value is -1.53. The van der Waals surface area contributed by atoms with Crippen LogP contribution in [0.15, 0.2) is 30.3 Å². The number of benzene rings is 1. The zero-order valence-electron chi connectivity index (χ0n) is 13.0. The van der Waals surface area contributed by atoms with E-state index < -0.39 is 10.8 Å². The van der Waals surface area contributed by atoms with Crippen LogP contribution in [0.3, 0.4) is 0 Å². The number of hydrogen-bond acceptors (Lipinski definition) is 4. The van der Waals surface area contributed by atoms with Crippen LogP contribution in [0.25, 0.3) is 0 Å².